The molecule has 5 rings (SSSR count). The third kappa shape index (κ3) is 6.54. The van der Waals surface area contributed by atoms with Crippen molar-refractivity contribution in [2.45, 2.75) is 60.7 Å². The largest absolute Gasteiger partial charge is 0.504 e. The molecule has 2 aromatic carbocycles. The van der Waals surface area contributed by atoms with Gasteiger partial charge in [0.15, 0.2) is 35.6 Å². The van der Waals surface area contributed by atoms with Gasteiger partial charge in [-0.15, -0.1) is 0 Å². The van der Waals surface area contributed by atoms with Crippen LogP contribution in [0.25, 0.3) is 6.08 Å². The van der Waals surface area contributed by atoms with Crippen LogP contribution >= 0.6 is 0 Å². The molecular formula is C31H40O15. The molecule has 0 aromatic heterocycles. The van der Waals surface area contributed by atoms with Gasteiger partial charge in [-0.3, -0.25) is 0 Å². The maximum Gasteiger partial charge on any atom is 0.187 e. The molecule has 0 spiro atoms. The Morgan fingerprint density at radius 3 is 2.37 bits per heavy atom. The average Bonchev–Trinajstić information content (AvgIpc) is 3.58. The van der Waals surface area contributed by atoms with Crippen LogP contribution in [0.2, 0.25) is 0 Å². The molecule has 15 heteroatoms. The number of ether oxygens (including phenoxy) is 7. The van der Waals surface area contributed by atoms with E-state index in [0.29, 0.717) is 28.2 Å². The second kappa shape index (κ2) is 14.4. The van der Waals surface area contributed by atoms with Crippen LogP contribution in [0.5, 0.6) is 23.0 Å². The molecule has 0 aliphatic carbocycles. The summed E-state index contributed by atoms with van der Waals surface area (Å²) >= 11 is 0. The smallest absolute Gasteiger partial charge is 0.187 e. The van der Waals surface area contributed by atoms with Gasteiger partial charge in [-0.25, -0.2) is 0 Å². The summed E-state index contributed by atoms with van der Waals surface area (Å²) < 4.78 is 39.4. The van der Waals surface area contributed by atoms with E-state index in [-0.39, 0.29) is 24.7 Å². The first kappa shape index (κ1) is 34.3. The number of phenols is 1. The minimum atomic E-state index is -1.98. The fourth-order valence-electron chi connectivity index (χ4n) is 5.77. The quantitative estimate of drug-likeness (QED) is 0.136. The van der Waals surface area contributed by atoms with Gasteiger partial charge in [0.1, 0.15) is 42.2 Å². The number of rotatable bonds is 12. The summed E-state index contributed by atoms with van der Waals surface area (Å²) in [6.07, 6.45) is -7.54. The van der Waals surface area contributed by atoms with Gasteiger partial charge in [0, 0.05) is 5.56 Å². The van der Waals surface area contributed by atoms with Gasteiger partial charge < -0.3 is 74.0 Å². The molecule has 3 aliphatic heterocycles. The van der Waals surface area contributed by atoms with Crippen molar-refractivity contribution in [3.05, 3.63) is 53.1 Å². The van der Waals surface area contributed by atoms with Crippen LogP contribution in [0.15, 0.2) is 36.4 Å². The number of methoxy groups -OCH3 is 2. The van der Waals surface area contributed by atoms with Crippen molar-refractivity contribution in [3.63, 3.8) is 0 Å². The van der Waals surface area contributed by atoms with Crippen LogP contribution < -0.4 is 14.2 Å². The topological polar surface area (TPSA) is 226 Å². The van der Waals surface area contributed by atoms with Crippen LogP contribution in [-0.2, 0) is 18.9 Å². The van der Waals surface area contributed by atoms with Crippen LogP contribution in [-0.4, -0.2) is 137 Å². The number of benzene rings is 2. The van der Waals surface area contributed by atoms with Crippen LogP contribution in [0.4, 0.5) is 0 Å². The van der Waals surface area contributed by atoms with Gasteiger partial charge in [-0.2, -0.15) is 0 Å². The zero-order chi connectivity index (χ0) is 33.2. The highest BCUT2D eigenvalue weighted by molar-refractivity contribution is 5.62. The molecule has 2 aromatic rings. The molecule has 2 fully saturated rings. The van der Waals surface area contributed by atoms with Gasteiger partial charge >= 0.3 is 0 Å². The van der Waals surface area contributed by atoms with E-state index >= 15 is 0 Å². The molecule has 0 unspecified atom stereocenters. The molecule has 0 bridgehead atoms. The highest BCUT2D eigenvalue weighted by atomic mass is 16.8. The summed E-state index contributed by atoms with van der Waals surface area (Å²) in [4.78, 5) is 0. The van der Waals surface area contributed by atoms with Gasteiger partial charge in [0.05, 0.1) is 53.2 Å². The normalized spacial score (nSPS) is 34.1. The molecule has 3 aliphatic rings. The summed E-state index contributed by atoms with van der Waals surface area (Å²) in [6.45, 7) is -2.21. The van der Waals surface area contributed by atoms with Crippen LogP contribution in [0, 0.1) is 0 Å². The monoisotopic (exact) mass is 652 g/mol. The number of phenolic OH excluding ortho intramolecular Hbond substituents is 1. The minimum absolute atomic E-state index is 0.0260. The zero-order valence-electron chi connectivity index (χ0n) is 25.2. The van der Waals surface area contributed by atoms with Gasteiger partial charge in [0.2, 0.25) is 0 Å². The number of aromatic hydroxyl groups is 1. The Morgan fingerprint density at radius 1 is 0.957 bits per heavy atom. The Hall–Kier alpha value is -3.06. The summed E-state index contributed by atoms with van der Waals surface area (Å²) in [5.41, 5.74) is 0.0814. The Kier molecular flexibility index (Phi) is 10.7. The third-order valence-electron chi connectivity index (χ3n) is 8.43. The Bertz CT molecular complexity index is 1370. The lowest BCUT2D eigenvalue weighted by molar-refractivity contribution is -0.334. The van der Waals surface area contributed by atoms with Crippen molar-refractivity contribution < 1.29 is 74.0 Å². The fraction of sp³-hybridized carbons (Fsp3) is 0.548. The first-order valence-electron chi connectivity index (χ1n) is 14.6. The van der Waals surface area contributed by atoms with Crippen LogP contribution in [0.3, 0.4) is 0 Å². The molecule has 254 valence electrons. The van der Waals surface area contributed by atoms with Gasteiger partial charge in [-0.05, 0) is 35.4 Å². The molecule has 15 nitrogen and oxygen atoms in total. The zero-order valence-corrected chi connectivity index (χ0v) is 25.2. The predicted octanol–water partition coefficient (Wildman–Crippen LogP) is -1.09. The second-order valence-corrected chi connectivity index (χ2v) is 11.3. The maximum absolute atomic E-state index is 10.7. The lowest BCUT2D eigenvalue weighted by Crippen LogP contribution is -2.61. The highest BCUT2D eigenvalue weighted by Crippen LogP contribution is 2.51. The molecule has 0 saturated carbocycles. The minimum Gasteiger partial charge on any atom is -0.504 e. The van der Waals surface area contributed by atoms with E-state index < -0.39 is 80.5 Å². The van der Waals surface area contributed by atoms with Crippen molar-refractivity contribution >= 4 is 6.08 Å². The fourth-order valence-corrected chi connectivity index (χ4v) is 5.77. The van der Waals surface area contributed by atoms with E-state index in [1.54, 1.807) is 30.4 Å². The van der Waals surface area contributed by atoms with E-state index in [9.17, 15) is 40.9 Å². The van der Waals surface area contributed by atoms with Crippen molar-refractivity contribution in [1.29, 1.82) is 0 Å². The Balaban J connectivity index is 1.31. The van der Waals surface area contributed by atoms with E-state index in [1.807, 2.05) is 6.07 Å². The first-order valence-corrected chi connectivity index (χ1v) is 14.6. The first-order chi connectivity index (χ1) is 22.1. The summed E-state index contributed by atoms with van der Waals surface area (Å²) in [5.74, 6) is 0.674. The molecule has 0 radical (unpaired) electrons. The standard InChI is InChI=1S/C31H40O15/c1-40-20-10-16(5-6-19(20)35)25-18(11-32)17-8-15(9-21(41-2)26(17)45-25)4-3-7-42-29-27(24(37)23(36)22(12-33)44-29)46-30-28(38)31(39,13-34)14-43-30/h3-6,8-10,18,22-25,27-30,32-39H,7,11-14H2,1-2H3/t18-,22-,23-,24+,25+,27-,28+,29-,30+,31-/m1/s1. The predicted molar refractivity (Wildman–Crippen MR) is 156 cm³/mol. The van der Waals surface area contributed by atoms with E-state index in [0.717, 1.165) is 0 Å². The SMILES string of the molecule is COc1cc([C@@H]2Oc3c(OC)cc(C=CCO[C@@H]4O[C@H](CO)[C@@H](O)[C@H](O)[C@H]4O[C@@H]4OC[C@](O)(CO)[C@H]4O)cc3[C@H]2CO)ccc1O. The number of aliphatic hydroxyl groups is 7. The molecule has 2 saturated heterocycles. The maximum atomic E-state index is 10.7. The molecule has 46 heavy (non-hydrogen) atoms. The van der Waals surface area contributed by atoms with Crippen molar-refractivity contribution in [1.82, 2.24) is 0 Å². The second-order valence-electron chi connectivity index (χ2n) is 11.3. The van der Waals surface area contributed by atoms with Gasteiger partial charge in [0.25, 0.3) is 0 Å². The van der Waals surface area contributed by atoms with Crippen molar-refractivity contribution in [2.24, 2.45) is 0 Å². The molecule has 8 N–H and O–H groups in total. The Morgan fingerprint density at radius 2 is 1.72 bits per heavy atom. The third-order valence-corrected chi connectivity index (χ3v) is 8.43. The Labute approximate surface area is 264 Å². The molecule has 10 atom stereocenters. The summed E-state index contributed by atoms with van der Waals surface area (Å²) in [7, 11) is 2.93. The number of aliphatic hydroxyl groups excluding tert-OH is 6. The number of hydrogen-bond donors (Lipinski definition) is 8. The van der Waals surface area contributed by atoms with Crippen molar-refractivity contribution in [2.75, 3.05) is 47.3 Å². The lowest BCUT2D eigenvalue weighted by Gasteiger charge is -2.42. The number of fused-ring (bicyclic) bond motifs is 1. The summed E-state index contributed by atoms with van der Waals surface area (Å²) in [6, 6.07) is 8.39. The lowest BCUT2D eigenvalue weighted by atomic mass is 9.90. The van der Waals surface area contributed by atoms with E-state index in [4.69, 9.17) is 33.2 Å². The van der Waals surface area contributed by atoms with E-state index in [1.165, 1.54) is 20.3 Å². The summed E-state index contributed by atoms with van der Waals surface area (Å²) in [5, 5.41) is 81.2. The van der Waals surface area contributed by atoms with Crippen molar-refractivity contribution in [3.8, 4) is 23.0 Å². The molecule has 0 amide bonds. The molecule has 3 heterocycles. The van der Waals surface area contributed by atoms with Crippen LogP contribution in [0.1, 0.15) is 28.7 Å². The average molecular weight is 653 g/mol. The van der Waals surface area contributed by atoms with E-state index in [2.05, 4.69) is 0 Å². The molecular weight excluding hydrogens is 612 g/mol. The van der Waals surface area contributed by atoms with Gasteiger partial charge in [-0.1, -0.05) is 18.2 Å². The highest BCUT2D eigenvalue weighted by Gasteiger charge is 2.53. The number of hydrogen-bond acceptors (Lipinski definition) is 15.